The van der Waals surface area contributed by atoms with Crippen LogP contribution in [0.5, 0.6) is 0 Å². The average Bonchev–Trinajstić information content (AvgIpc) is 2.24. The average molecular weight is 252 g/mol. The van der Waals surface area contributed by atoms with Gasteiger partial charge < -0.3 is 5.32 Å². The van der Waals surface area contributed by atoms with Crippen LogP contribution in [0.15, 0.2) is 12.1 Å². The standard InChI is InChI=1S/C11H12F3N.ClH/c12-7-5-8(11(14)9(13)6-7)10-3-1-2-4-15-10;/h5-6,10,15H,1-4H2;1H/t10-;/m0./s1. The Bertz CT molecular complexity index is 364. The molecule has 5 heteroatoms. The third-order valence-electron chi connectivity index (χ3n) is 2.71. The quantitative estimate of drug-likeness (QED) is 0.755. The zero-order valence-electron chi connectivity index (χ0n) is 8.60. The molecule has 0 saturated carbocycles. The van der Waals surface area contributed by atoms with Gasteiger partial charge in [0.15, 0.2) is 11.6 Å². The van der Waals surface area contributed by atoms with Crippen LogP contribution in [0.25, 0.3) is 0 Å². The number of hydrogen-bond donors (Lipinski definition) is 1. The van der Waals surface area contributed by atoms with Crippen molar-refractivity contribution < 1.29 is 13.2 Å². The number of benzene rings is 1. The molecule has 16 heavy (non-hydrogen) atoms. The van der Waals surface area contributed by atoms with Gasteiger partial charge in [-0.1, -0.05) is 6.42 Å². The monoisotopic (exact) mass is 251 g/mol. The van der Waals surface area contributed by atoms with Crippen LogP contribution in [0.4, 0.5) is 13.2 Å². The van der Waals surface area contributed by atoms with Crippen LogP contribution in [0.3, 0.4) is 0 Å². The summed E-state index contributed by atoms with van der Waals surface area (Å²) in [6.07, 6.45) is 2.70. The molecule has 0 spiro atoms. The summed E-state index contributed by atoms with van der Waals surface area (Å²) in [5, 5.41) is 3.06. The number of rotatable bonds is 1. The van der Waals surface area contributed by atoms with E-state index in [9.17, 15) is 13.2 Å². The van der Waals surface area contributed by atoms with Gasteiger partial charge in [0.1, 0.15) is 5.82 Å². The molecule has 1 heterocycles. The largest absolute Gasteiger partial charge is 0.310 e. The van der Waals surface area contributed by atoms with Crippen molar-refractivity contribution in [2.24, 2.45) is 0 Å². The second-order valence-electron chi connectivity index (χ2n) is 3.79. The van der Waals surface area contributed by atoms with Gasteiger partial charge in [-0.05, 0) is 25.5 Å². The number of piperidine rings is 1. The molecular weight excluding hydrogens is 239 g/mol. The fourth-order valence-electron chi connectivity index (χ4n) is 1.95. The number of halogens is 4. The molecular formula is C11H13ClF3N. The molecule has 1 aliphatic rings. The molecule has 0 aromatic heterocycles. The second kappa shape index (κ2) is 5.55. The first-order valence-electron chi connectivity index (χ1n) is 5.06. The highest BCUT2D eigenvalue weighted by Crippen LogP contribution is 2.27. The first-order chi connectivity index (χ1) is 7.18. The Morgan fingerprint density at radius 1 is 1.12 bits per heavy atom. The van der Waals surface area contributed by atoms with Crippen LogP contribution in [0.2, 0.25) is 0 Å². The van der Waals surface area contributed by atoms with E-state index in [2.05, 4.69) is 5.32 Å². The Kier molecular flexibility index (Phi) is 4.62. The Hall–Kier alpha value is -0.740. The summed E-state index contributed by atoms with van der Waals surface area (Å²) in [4.78, 5) is 0. The first-order valence-corrected chi connectivity index (χ1v) is 5.06. The molecule has 1 N–H and O–H groups in total. The van der Waals surface area contributed by atoms with E-state index in [1.165, 1.54) is 0 Å². The van der Waals surface area contributed by atoms with Crippen molar-refractivity contribution in [2.45, 2.75) is 25.3 Å². The van der Waals surface area contributed by atoms with Gasteiger partial charge in [-0.2, -0.15) is 0 Å². The maximum Gasteiger partial charge on any atom is 0.163 e. The van der Waals surface area contributed by atoms with Gasteiger partial charge in [0.25, 0.3) is 0 Å². The molecule has 1 aromatic rings. The number of nitrogens with one attached hydrogen (secondary N) is 1. The Labute approximate surface area is 98.4 Å². The highest BCUT2D eigenvalue weighted by atomic mass is 35.5. The molecule has 1 atom stereocenters. The predicted octanol–water partition coefficient (Wildman–Crippen LogP) is 3.34. The van der Waals surface area contributed by atoms with Gasteiger partial charge in [-0.15, -0.1) is 12.4 Å². The predicted molar refractivity (Wildman–Crippen MR) is 58.2 cm³/mol. The molecule has 1 aliphatic heterocycles. The zero-order chi connectivity index (χ0) is 10.8. The third kappa shape index (κ3) is 2.68. The van der Waals surface area contributed by atoms with E-state index in [0.717, 1.165) is 31.9 Å². The van der Waals surface area contributed by atoms with Crippen molar-refractivity contribution in [1.82, 2.24) is 5.32 Å². The second-order valence-corrected chi connectivity index (χ2v) is 3.79. The summed E-state index contributed by atoms with van der Waals surface area (Å²) in [5.74, 6) is -2.77. The Morgan fingerprint density at radius 2 is 1.88 bits per heavy atom. The molecule has 0 aliphatic carbocycles. The minimum Gasteiger partial charge on any atom is -0.310 e. The minimum atomic E-state index is -1.11. The van der Waals surface area contributed by atoms with E-state index in [1.807, 2.05) is 0 Å². The molecule has 0 bridgehead atoms. The van der Waals surface area contributed by atoms with Crippen molar-refractivity contribution in [3.63, 3.8) is 0 Å². The lowest BCUT2D eigenvalue weighted by molar-refractivity contribution is 0.387. The van der Waals surface area contributed by atoms with Crippen molar-refractivity contribution >= 4 is 12.4 Å². The molecule has 90 valence electrons. The van der Waals surface area contributed by atoms with E-state index in [0.29, 0.717) is 6.07 Å². The molecule has 1 fully saturated rings. The molecule has 0 unspecified atom stereocenters. The van der Waals surface area contributed by atoms with E-state index in [-0.39, 0.29) is 24.0 Å². The summed E-state index contributed by atoms with van der Waals surface area (Å²) in [6.45, 7) is 0.766. The lowest BCUT2D eigenvalue weighted by atomic mass is 9.97. The minimum absolute atomic E-state index is 0. The van der Waals surface area contributed by atoms with Crippen LogP contribution >= 0.6 is 12.4 Å². The van der Waals surface area contributed by atoms with Crippen LogP contribution < -0.4 is 5.32 Å². The van der Waals surface area contributed by atoms with Gasteiger partial charge in [-0.3, -0.25) is 0 Å². The van der Waals surface area contributed by atoms with Gasteiger partial charge in [0, 0.05) is 17.7 Å². The normalized spacial score (nSPS) is 20.3. The zero-order valence-corrected chi connectivity index (χ0v) is 9.42. The Morgan fingerprint density at radius 3 is 2.50 bits per heavy atom. The van der Waals surface area contributed by atoms with Gasteiger partial charge in [0.05, 0.1) is 0 Å². The van der Waals surface area contributed by atoms with E-state index in [1.54, 1.807) is 0 Å². The molecule has 0 amide bonds. The summed E-state index contributed by atoms with van der Waals surface area (Å²) >= 11 is 0. The molecule has 2 rings (SSSR count). The highest BCUT2D eigenvalue weighted by molar-refractivity contribution is 5.85. The maximum absolute atomic E-state index is 13.4. The summed E-state index contributed by atoms with van der Waals surface area (Å²) in [6, 6.07) is 1.38. The van der Waals surface area contributed by atoms with Crippen molar-refractivity contribution in [3.05, 3.63) is 35.1 Å². The first kappa shape index (κ1) is 13.3. The third-order valence-corrected chi connectivity index (χ3v) is 2.71. The molecule has 1 nitrogen and oxygen atoms in total. The van der Waals surface area contributed by atoms with Gasteiger partial charge >= 0.3 is 0 Å². The maximum atomic E-state index is 13.4. The summed E-state index contributed by atoms with van der Waals surface area (Å²) in [5.41, 5.74) is 0.104. The SMILES string of the molecule is Cl.Fc1cc(F)c(F)c([C@@H]2CCCCN2)c1. The number of hydrogen-bond acceptors (Lipinski definition) is 1. The molecule has 1 aromatic carbocycles. The van der Waals surface area contributed by atoms with Crippen molar-refractivity contribution in [2.75, 3.05) is 6.54 Å². The lowest BCUT2D eigenvalue weighted by Gasteiger charge is -2.24. The fraction of sp³-hybridized carbons (Fsp3) is 0.455. The lowest BCUT2D eigenvalue weighted by Crippen LogP contribution is -2.27. The summed E-state index contributed by atoms with van der Waals surface area (Å²) < 4.78 is 39.3. The fourth-order valence-corrected chi connectivity index (χ4v) is 1.95. The van der Waals surface area contributed by atoms with Crippen LogP contribution in [-0.4, -0.2) is 6.54 Å². The summed E-state index contributed by atoms with van der Waals surface area (Å²) in [7, 11) is 0. The van der Waals surface area contributed by atoms with Crippen molar-refractivity contribution in [1.29, 1.82) is 0 Å². The smallest absolute Gasteiger partial charge is 0.163 e. The van der Waals surface area contributed by atoms with Crippen molar-refractivity contribution in [3.8, 4) is 0 Å². The molecule has 0 radical (unpaired) electrons. The molecule has 1 saturated heterocycles. The van der Waals surface area contributed by atoms with E-state index >= 15 is 0 Å². The van der Waals surface area contributed by atoms with Gasteiger partial charge in [0.2, 0.25) is 0 Å². The van der Waals surface area contributed by atoms with E-state index < -0.39 is 17.5 Å². The Balaban J connectivity index is 0.00000128. The van der Waals surface area contributed by atoms with Gasteiger partial charge in [-0.25, -0.2) is 13.2 Å². The topological polar surface area (TPSA) is 12.0 Å². The van der Waals surface area contributed by atoms with E-state index in [4.69, 9.17) is 0 Å². The highest BCUT2D eigenvalue weighted by Gasteiger charge is 2.21. The van der Waals surface area contributed by atoms with Crippen LogP contribution in [0.1, 0.15) is 30.9 Å². The van der Waals surface area contributed by atoms with Crippen LogP contribution in [0, 0.1) is 17.5 Å². The van der Waals surface area contributed by atoms with Crippen LogP contribution in [-0.2, 0) is 0 Å².